The molecule has 7 nitrogen and oxygen atoms in total. The zero-order valence-electron chi connectivity index (χ0n) is 17.9. The maximum atomic E-state index is 13.2. The largest absolute Gasteiger partial charge is 0.383 e. The number of hydrogen-bond donors (Lipinski definition) is 2. The highest BCUT2D eigenvalue weighted by Gasteiger charge is 2.25. The number of nitrogen functional groups attached to an aromatic ring is 1. The van der Waals surface area contributed by atoms with Crippen LogP contribution in [0.3, 0.4) is 0 Å². The number of hydrogen-bond acceptors (Lipinski definition) is 5. The van der Waals surface area contributed by atoms with Crippen molar-refractivity contribution in [2.24, 2.45) is 5.92 Å². The van der Waals surface area contributed by atoms with Crippen LogP contribution in [-0.4, -0.2) is 27.8 Å². The number of halogens is 1. The highest BCUT2D eigenvalue weighted by atomic mass is 35.5. The van der Waals surface area contributed by atoms with Crippen LogP contribution < -0.4 is 21.9 Å². The molecule has 0 saturated carbocycles. The van der Waals surface area contributed by atoms with Gasteiger partial charge >= 0.3 is 5.69 Å². The van der Waals surface area contributed by atoms with E-state index in [4.69, 9.17) is 17.3 Å². The molecular formula is C23H25ClN4O3S. The molecule has 1 aromatic heterocycles. The van der Waals surface area contributed by atoms with Gasteiger partial charge in [-0.1, -0.05) is 67.9 Å². The number of nitrogens with two attached hydrogens (primary N) is 1. The predicted molar refractivity (Wildman–Crippen MR) is 131 cm³/mol. The van der Waals surface area contributed by atoms with E-state index in [-0.39, 0.29) is 42.2 Å². The molecule has 2 aromatic carbocycles. The smallest absolute Gasteiger partial charge is 0.330 e. The summed E-state index contributed by atoms with van der Waals surface area (Å²) in [6.07, 6.45) is 0. The molecule has 0 atom stereocenters. The lowest BCUT2D eigenvalue weighted by Gasteiger charge is -2.26. The Bertz CT molecular complexity index is 1210. The summed E-state index contributed by atoms with van der Waals surface area (Å²) in [5.74, 6) is -0.213. The summed E-state index contributed by atoms with van der Waals surface area (Å²) in [6, 6.07) is 16.5. The van der Waals surface area contributed by atoms with E-state index in [1.807, 2.05) is 62.4 Å². The topological polar surface area (TPSA) is 101 Å². The molecule has 9 heteroatoms. The summed E-state index contributed by atoms with van der Waals surface area (Å²) in [5, 5.41) is 0.550. The lowest BCUT2D eigenvalue weighted by molar-refractivity contribution is -0.116. The Morgan fingerprint density at radius 2 is 1.78 bits per heavy atom. The number of nitrogens with one attached hydrogen (secondary N) is 1. The summed E-state index contributed by atoms with van der Waals surface area (Å²) in [6.45, 7) is 4.32. The number of nitrogens with zero attached hydrogens (tertiary/aromatic N) is 2. The lowest BCUT2D eigenvalue weighted by atomic mass is 10.2. The summed E-state index contributed by atoms with van der Waals surface area (Å²) in [5.41, 5.74) is 5.82. The van der Waals surface area contributed by atoms with Crippen LogP contribution in [0.4, 0.5) is 11.5 Å². The van der Waals surface area contributed by atoms with Gasteiger partial charge in [-0.3, -0.25) is 19.1 Å². The fourth-order valence-corrected chi connectivity index (χ4v) is 4.34. The minimum absolute atomic E-state index is 0.0148. The second-order valence-electron chi connectivity index (χ2n) is 7.68. The molecule has 3 rings (SSSR count). The third kappa shape index (κ3) is 5.63. The first-order valence-corrected chi connectivity index (χ1v) is 11.5. The zero-order valence-corrected chi connectivity index (χ0v) is 19.4. The Labute approximate surface area is 195 Å². The van der Waals surface area contributed by atoms with Gasteiger partial charge in [-0.2, -0.15) is 0 Å². The van der Waals surface area contributed by atoms with Gasteiger partial charge in [0.25, 0.3) is 5.56 Å². The number of thioether (sulfide) groups is 1. The van der Waals surface area contributed by atoms with Crippen molar-refractivity contribution in [2.45, 2.75) is 25.3 Å². The van der Waals surface area contributed by atoms with Crippen LogP contribution >= 0.6 is 23.4 Å². The molecule has 0 saturated heterocycles. The number of anilines is 2. The van der Waals surface area contributed by atoms with E-state index >= 15 is 0 Å². The highest BCUT2D eigenvalue weighted by molar-refractivity contribution is 8.00. The van der Waals surface area contributed by atoms with E-state index in [0.29, 0.717) is 5.02 Å². The molecule has 32 heavy (non-hydrogen) atoms. The highest BCUT2D eigenvalue weighted by Crippen LogP contribution is 2.28. The molecule has 0 aliphatic carbocycles. The fourth-order valence-electron chi connectivity index (χ4n) is 3.22. The molecule has 168 valence electrons. The number of aromatic amines is 1. The number of amides is 1. The van der Waals surface area contributed by atoms with Crippen LogP contribution in [0.5, 0.6) is 0 Å². The van der Waals surface area contributed by atoms with Crippen LogP contribution in [0.1, 0.15) is 19.4 Å². The van der Waals surface area contributed by atoms with Crippen LogP contribution in [-0.2, 0) is 11.3 Å². The van der Waals surface area contributed by atoms with Gasteiger partial charge in [0.2, 0.25) is 5.91 Å². The van der Waals surface area contributed by atoms with Crippen molar-refractivity contribution in [1.82, 2.24) is 9.55 Å². The van der Waals surface area contributed by atoms with Crippen LogP contribution in [0, 0.1) is 5.92 Å². The van der Waals surface area contributed by atoms with Gasteiger partial charge in [0, 0.05) is 11.4 Å². The van der Waals surface area contributed by atoms with Crippen LogP contribution in [0.15, 0.2) is 69.1 Å². The number of benzene rings is 2. The lowest BCUT2D eigenvalue weighted by Crippen LogP contribution is -2.43. The van der Waals surface area contributed by atoms with Gasteiger partial charge in [0.15, 0.2) is 5.69 Å². The van der Waals surface area contributed by atoms with Gasteiger partial charge in [-0.25, -0.2) is 4.79 Å². The average molecular weight is 473 g/mol. The summed E-state index contributed by atoms with van der Waals surface area (Å²) in [7, 11) is 0. The van der Waals surface area contributed by atoms with Crippen LogP contribution in [0.25, 0.3) is 0 Å². The second kappa shape index (κ2) is 10.6. The Morgan fingerprint density at radius 1 is 1.12 bits per heavy atom. The van der Waals surface area contributed by atoms with Crippen molar-refractivity contribution in [3.8, 4) is 0 Å². The molecule has 3 N–H and O–H groups in total. The minimum Gasteiger partial charge on any atom is -0.383 e. The van der Waals surface area contributed by atoms with Crippen LogP contribution in [0.2, 0.25) is 5.02 Å². The van der Waals surface area contributed by atoms with Gasteiger partial charge < -0.3 is 10.6 Å². The van der Waals surface area contributed by atoms with Crippen molar-refractivity contribution in [1.29, 1.82) is 0 Å². The standard InChI is InChI=1S/C23H25ClN4O3S/c1-15(2)12-27(19(29)14-32-18-11-7-6-10-17(18)24)20-21(25)28(23(31)26-22(20)30)13-16-8-4-3-5-9-16/h3-11,15H,12-14,25H2,1-2H3,(H,26,30,31). The van der Waals surface area contributed by atoms with E-state index in [1.165, 1.54) is 21.2 Å². The Balaban J connectivity index is 1.96. The first-order chi connectivity index (χ1) is 15.3. The molecule has 3 aromatic rings. The molecule has 0 unspecified atom stereocenters. The number of H-pyrrole nitrogens is 1. The van der Waals surface area contributed by atoms with E-state index < -0.39 is 11.2 Å². The third-order valence-electron chi connectivity index (χ3n) is 4.70. The first-order valence-electron chi connectivity index (χ1n) is 10.1. The van der Waals surface area contributed by atoms with Gasteiger partial charge in [0.05, 0.1) is 17.3 Å². The van der Waals surface area contributed by atoms with Crippen molar-refractivity contribution in [2.75, 3.05) is 22.9 Å². The van der Waals surface area contributed by atoms with Crippen molar-refractivity contribution < 1.29 is 4.79 Å². The Morgan fingerprint density at radius 3 is 2.44 bits per heavy atom. The molecule has 0 aliphatic heterocycles. The molecule has 0 bridgehead atoms. The maximum Gasteiger partial charge on any atom is 0.330 e. The van der Waals surface area contributed by atoms with E-state index in [1.54, 1.807) is 6.07 Å². The van der Waals surface area contributed by atoms with E-state index in [0.717, 1.165) is 10.5 Å². The number of carbonyl (C=O) groups is 1. The molecule has 0 spiro atoms. The van der Waals surface area contributed by atoms with Gasteiger partial charge in [-0.15, -0.1) is 11.8 Å². The quantitative estimate of drug-likeness (QED) is 0.488. The van der Waals surface area contributed by atoms with E-state index in [9.17, 15) is 14.4 Å². The number of carbonyl (C=O) groups excluding carboxylic acids is 1. The van der Waals surface area contributed by atoms with Crippen molar-refractivity contribution in [3.63, 3.8) is 0 Å². The van der Waals surface area contributed by atoms with Gasteiger partial charge in [0.1, 0.15) is 5.82 Å². The molecule has 1 amide bonds. The number of aromatic nitrogens is 2. The fraction of sp³-hybridized carbons (Fsp3) is 0.261. The van der Waals surface area contributed by atoms with Crippen molar-refractivity contribution >= 4 is 40.8 Å². The van der Waals surface area contributed by atoms with E-state index in [2.05, 4.69) is 4.98 Å². The number of rotatable bonds is 8. The summed E-state index contributed by atoms with van der Waals surface area (Å²) in [4.78, 5) is 42.9. The zero-order chi connectivity index (χ0) is 23.3. The Kier molecular flexibility index (Phi) is 7.82. The molecule has 1 heterocycles. The summed E-state index contributed by atoms with van der Waals surface area (Å²) >= 11 is 7.48. The van der Waals surface area contributed by atoms with Crippen molar-refractivity contribution in [3.05, 3.63) is 86.0 Å². The summed E-state index contributed by atoms with van der Waals surface area (Å²) < 4.78 is 1.27. The predicted octanol–water partition coefficient (Wildman–Crippen LogP) is 3.60. The second-order valence-corrected chi connectivity index (χ2v) is 9.11. The monoisotopic (exact) mass is 472 g/mol. The minimum atomic E-state index is -0.687. The normalized spacial score (nSPS) is 11.0. The third-order valence-corrected chi connectivity index (χ3v) is 6.20. The molecule has 0 fully saturated rings. The maximum absolute atomic E-state index is 13.2. The Hall–Kier alpha value is -2.97. The average Bonchev–Trinajstić information content (AvgIpc) is 2.75. The molecule has 0 radical (unpaired) electrons. The first kappa shape index (κ1) is 23.7. The molecular weight excluding hydrogens is 448 g/mol. The van der Waals surface area contributed by atoms with Gasteiger partial charge in [-0.05, 0) is 23.6 Å². The SMILES string of the molecule is CC(C)CN(C(=O)CSc1ccccc1Cl)c1c(N)n(Cc2ccccc2)c(=O)[nH]c1=O. The molecule has 0 aliphatic rings.